The van der Waals surface area contributed by atoms with E-state index in [4.69, 9.17) is 15.7 Å². The number of oxime groups is 1. The highest BCUT2D eigenvalue weighted by Gasteiger charge is 2.31. The van der Waals surface area contributed by atoms with Gasteiger partial charge >= 0.3 is 0 Å². The molecular formula is C12H18N4O2. The molecule has 6 nitrogen and oxygen atoms in total. The Balaban J connectivity index is 2.33. The molecule has 6 heteroatoms. The number of anilines is 1. The quantitative estimate of drug-likeness (QED) is 0.351. The summed E-state index contributed by atoms with van der Waals surface area (Å²) in [4.78, 5) is 6.59. The van der Waals surface area contributed by atoms with E-state index in [0.29, 0.717) is 18.9 Å². The maximum atomic E-state index is 8.68. The minimum Gasteiger partial charge on any atom is -0.409 e. The van der Waals surface area contributed by atoms with E-state index in [1.54, 1.807) is 6.07 Å². The third kappa shape index (κ3) is 2.38. The molecule has 1 aromatic rings. The third-order valence-electron chi connectivity index (χ3n) is 3.03. The number of hydrogen-bond acceptors (Lipinski definition) is 5. The summed E-state index contributed by atoms with van der Waals surface area (Å²) in [5.41, 5.74) is 5.91. The highest BCUT2D eigenvalue weighted by Crippen LogP contribution is 2.25. The molecule has 1 aliphatic heterocycles. The molecule has 0 radical (unpaired) electrons. The number of aromatic nitrogens is 1. The lowest BCUT2D eigenvalue weighted by Crippen LogP contribution is -2.53. The van der Waals surface area contributed by atoms with Crippen LogP contribution in [0.5, 0.6) is 0 Å². The number of amidine groups is 1. The van der Waals surface area contributed by atoms with E-state index in [1.165, 1.54) is 0 Å². The van der Waals surface area contributed by atoms with Crippen molar-refractivity contribution in [2.24, 2.45) is 10.9 Å². The molecular weight excluding hydrogens is 232 g/mol. The number of nitrogens with zero attached hydrogens (tertiary/aromatic N) is 3. The van der Waals surface area contributed by atoms with Gasteiger partial charge in [0.2, 0.25) is 0 Å². The van der Waals surface area contributed by atoms with Crippen LogP contribution in [-0.4, -0.2) is 41.3 Å². The molecule has 2 rings (SSSR count). The van der Waals surface area contributed by atoms with E-state index in [9.17, 15) is 0 Å². The second-order valence-corrected chi connectivity index (χ2v) is 4.88. The SMILES string of the molecule is CC1(C)COCCN1c1cccc(C(N)=NO)n1. The lowest BCUT2D eigenvalue weighted by molar-refractivity contribution is 0.0639. The Kier molecular flexibility index (Phi) is 3.38. The average molecular weight is 250 g/mol. The van der Waals surface area contributed by atoms with Crippen LogP contribution in [0.4, 0.5) is 5.82 Å². The summed E-state index contributed by atoms with van der Waals surface area (Å²) in [5.74, 6) is 0.829. The normalized spacial score (nSPS) is 19.9. The molecule has 0 aromatic carbocycles. The summed E-state index contributed by atoms with van der Waals surface area (Å²) in [6, 6.07) is 5.48. The van der Waals surface area contributed by atoms with Crippen molar-refractivity contribution in [1.29, 1.82) is 0 Å². The molecule has 98 valence electrons. The topological polar surface area (TPSA) is 84.0 Å². The van der Waals surface area contributed by atoms with Gasteiger partial charge in [-0.15, -0.1) is 0 Å². The highest BCUT2D eigenvalue weighted by molar-refractivity contribution is 5.95. The average Bonchev–Trinajstić information content (AvgIpc) is 2.37. The monoisotopic (exact) mass is 250 g/mol. The van der Waals surface area contributed by atoms with Gasteiger partial charge in [0, 0.05) is 6.54 Å². The van der Waals surface area contributed by atoms with E-state index in [-0.39, 0.29) is 11.4 Å². The lowest BCUT2D eigenvalue weighted by Gasteiger charge is -2.43. The maximum absolute atomic E-state index is 8.68. The van der Waals surface area contributed by atoms with Crippen molar-refractivity contribution < 1.29 is 9.94 Å². The van der Waals surface area contributed by atoms with Gasteiger partial charge in [-0.05, 0) is 26.0 Å². The van der Waals surface area contributed by atoms with Crippen LogP contribution in [0, 0.1) is 0 Å². The Labute approximate surface area is 106 Å². The second-order valence-electron chi connectivity index (χ2n) is 4.88. The molecule has 0 amide bonds. The molecule has 0 spiro atoms. The fourth-order valence-electron chi connectivity index (χ4n) is 2.05. The van der Waals surface area contributed by atoms with Crippen LogP contribution in [-0.2, 0) is 4.74 Å². The Hall–Kier alpha value is -1.82. The zero-order valence-electron chi connectivity index (χ0n) is 10.6. The minimum atomic E-state index is -0.116. The predicted octanol–water partition coefficient (Wildman–Crippen LogP) is 0.791. The van der Waals surface area contributed by atoms with Crippen LogP contribution >= 0.6 is 0 Å². The van der Waals surface area contributed by atoms with Crippen molar-refractivity contribution in [3.63, 3.8) is 0 Å². The smallest absolute Gasteiger partial charge is 0.188 e. The fraction of sp³-hybridized carbons (Fsp3) is 0.500. The van der Waals surface area contributed by atoms with Gasteiger partial charge < -0.3 is 20.6 Å². The number of ether oxygens (including phenoxy) is 1. The van der Waals surface area contributed by atoms with E-state index in [2.05, 4.69) is 28.9 Å². The molecule has 2 heterocycles. The molecule has 0 bridgehead atoms. The first kappa shape index (κ1) is 12.6. The molecule has 1 saturated heterocycles. The van der Waals surface area contributed by atoms with Gasteiger partial charge in [0.25, 0.3) is 0 Å². The molecule has 0 atom stereocenters. The van der Waals surface area contributed by atoms with Gasteiger partial charge in [-0.1, -0.05) is 11.2 Å². The maximum Gasteiger partial charge on any atom is 0.188 e. The number of pyridine rings is 1. The van der Waals surface area contributed by atoms with Gasteiger partial charge in [0.15, 0.2) is 5.84 Å². The Morgan fingerprint density at radius 3 is 3.00 bits per heavy atom. The lowest BCUT2D eigenvalue weighted by atomic mass is 10.0. The number of morpholine rings is 1. The van der Waals surface area contributed by atoms with Crippen molar-refractivity contribution in [2.45, 2.75) is 19.4 Å². The zero-order valence-corrected chi connectivity index (χ0v) is 10.6. The van der Waals surface area contributed by atoms with Gasteiger partial charge in [-0.3, -0.25) is 0 Å². The molecule has 1 fully saturated rings. The fourth-order valence-corrected chi connectivity index (χ4v) is 2.05. The van der Waals surface area contributed by atoms with Gasteiger partial charge in [-0.2, -0.15) is 0 Å². The Morgan fingerprint density at radius 1 is 1.56 bits per heavy atom. The molecule has 1 aliphatic rings. The summed E-state index contributed by atoms with van der Waals surface area (Å²) in [6.07, 6.45) is 0. The molecule has 1 aromatic heterocycles. The van der Waals surface area contributed by atoms with Crippen LogP contribution in [0.1, 0.15) is 19.5 Å². The van der Waals surface area contributed by atoms with Crippen LogP contribution in [0.15, 0.2) is 23.4 Å². The minimum absolute atomic E-state index is 0.0166. The molecule has 0 unspecified atom stereocenters. The summed E-state index contributed by atoms with van der Waals surface area (Å²) >= 11 is 0. The van der Waals surface area contributed by atoms with Crippen molar-refractivity contribution in [3.05, 3.63) is 23.9 Å². The first-order valence-electron chi connectivity index (χ1n) is 5.85. The van der Waals surface area contributed by atoms with E-state index in [0.717, 1.165) is 12.4 Å². The van der Waals surface area contributed by atoms with Crippen molar-refractivity contribution in [3.8, 4) is 0 Å². The summed E-state index contributed by atoms with van der Waals surface area (Å²) < 4.78 is 5.48. The van der Waals surface area contributed by atoms with Crippen molar-refractivity contribution in [1.82, 2.24) is 4.98 Å². The Bertz CT molecular complexity index is 459. The largest absolute Gasteiger partial charge is 0.409 e. The summed E-state index contributed by atoms with van der Waals surface area (Å²) in [7, 11) is 0. The van der Waals surface area contributed by atoms with Crippen LogP contribution in [0.2, 0.25) is 0 Å². The van der Waals surface area contributed by atoms with Gasteiger partial charge in [0.1, 0.15) is 11.5 Å². The van der Waals surface area contributed by atoms with Crippen LogP contribution in [0.3, 0.4) is 0 Å². The standard InChI is InChI=1S/C12H18N4O2/c1-12(2)8-18-7-6-16(12)10-5-3-4-9(14-10)11(13)15-17/h3-5,17H,6-8H2,1-2H3,(H2,13,15). The highest BCUT2D eigenvalue weighted by atomic mass is 16.5. The van der Waals surface area contributed by atoms with Crippen LogP contribution in [0.25, 0.3) is 0 Å². The van der Waals surface area contributed by atoms with Crippen molar-refractivity contribution in [2.75, 3.05) is 24.7 Å². The first-order chi connectivity index (χ1) is 8.54. The first-order valence-corrected chi connectivity index (χ1v) is 5.85. The number of nitrogens with two attached hydrogens (primary N) is 1. The summed E-state index contributed by atoms with van der Waals surface area (Å²) in [5, 5.41) is 11.7. The Morgan fingerprint density at radius 2 is 2.33 bits per heavy atom. The van der Waals surface area contributed by atoms with E-state index < -0.39 is 0 Å². The van der Waals surface area contributed by atoms with E-state index >= 15 is 0 Å². The summed E-state index contributed by atoms with van der Waals surface area (Å²) in [6.45, 7) is 6.31. The van der Waals surface area contributed by atoms with Crippen molar-refractivity contribution >= 4 is 11.7 Å². The molecule has 0 saturated carbocycles. The molecule has 18 heavy (non-hydrogen) atoms. The van der Waals surface area contributed by atoms with Crippen LogP contribution < -0.4 is 10.6 Å². The predicted molar refractivity (Wildman–Crippen MR) is 69.0 cm³/mol. The number of hydrogen-bond donors (Lipinski definition) is 2. The van der Waals surface area contributed by atoms with Gasteiger partial charge in [-0.25, -0.2) is 4.98 Å². The second kappa shape index (κ2) is 4.81. The zero-order chi connectivity index (χ0) is 13.2. The number of rotatable bonds is 2. The molecule has 0 aliphatic carbocycles. The van der Waals surface area contributed by atoms with E-state index in [1.807, 2.05) is 12.1 Å². The third-order valence-corrected chi connectivity index (χ3v) is 3.03. The molecule has 3 N–H and O–H groups in total. The van der Waals surface area contributed by atoms with Gasteiger partial charge in [0.05, 0.1) is 18.8 Å².